The van der Waals surface area contributed by atoms with E-state index in [0.717, 1.165) is 6.42 Å². The van der Waals surface area contributed by atoms with E-state index in [1.807, 2.05) is 29.6 Å². The molecule has 20 heavy (non-hydrogen) atoms. The summed E-state index contributed by atoms with van der Waals surface area (Å²) in [6.45, 7) is 3.72. The normalized spacial score (nSPS) is 19.9. The summed E-state index contributed by atoms with van der Waals surface area (Å²) < 4.78 is 0.0104. The van der Waals surface area contributed by atoms with Crippen LogP contribution in [0.2, 0.25) is 0 Å². The standard InChI is InChI=1S/C17H22OS2/c1-2-7-16(18)14-17(19-12-6-13-20-17)11-10-15-8-4-3-5-9-15/h2-5,8-11,16,18H,1,6-7,12-14H2/b11-10+/t16-/m0/s1. The first-order valence-corrected chi connectivity index (χ1v) is 9.02. The van der Waals surface area contributed by atoms with Gasteiger partial charge in [-0.2, -0.15) is 0 Å². The molecule has 1 N–H and O–H groups in total. The van der Waals surface area contributed by atoms with E-state index in [4.69, 9.17) is 0 Å². The molecule has 1 nitrogen and oxygen atoms in total. The first-order chi connectivity index (χ1) is 9.74. The van der Waals surface area contributed by atoms with E-state index < -0.39 is 0 Å². The molecule has 1 aromatic carbocycles. The maximum Gasteiger partial charge on any atom is 0.0819 e. The number of hydrogen-bond donors (Lipinski definition) is 1. The Hall–Kier alpha value is -0.640. The highest BCUT2D eigenvalue weighted by molar-refractivity contribution is 8.19. The number of hydrogen-bond acceptors (Lipinski definition) is 3. The molecule has 0 unspecified atom stereocenters. The molecule has 0 bridgehead atoms. The Kier molecular flexibility index (Phi) is 6.27. The van der Waals surface area contributed by atoms with E-state index in [-0.39, 0.29) is 10.2 Å². The van der Waals surface area contributed by atoms with E-state index in [2.05, 4.69) is 43.0 Å². The Morgan fingerprint density at radius 1 is 1.25 bits per heavy atom. The van der Waals surface area contributed by atoms with Gasteiger partial charge in [-0.25, -0.2) is 0 Å². The Morgan fingerprint density at radius 3 is 2.60 bits per heavy atom. The molecular formula is C17H22OS2. The van der Waals surface area contributed by atoms with Crippen molar-refractivity contribution < 1.29 is 5.11 Å². The van der Waals surface area contributed by atoms with Crippen LogP contribution >= 0.6 is 23.5 Å². The maximum absolute atomic E-state index is 10.1. The van der Waals surface area contributed by atoms with Crippen LogP contribution in [0.1, 0.15) is 24.8 Å². The van der Waals surface area contributed by atoms with Gasteiger partial charge in [0.15, 0.2) is 0 Å². The number of aliphatic hydroxyl groups is 1. The molecule has 0 radical (unpaired) electrons. The molecular weight excluding hydrogens is 284 g/mol. The van der Waals surface area contributed by atoms with Crippen molar-refractivity contribution in [3.8, 4) is 0 Å². The molecule has 0 aliphatic carbocycles. The van der Waals surface area contributed by atoms with Crippen LogP contribution in [-0.4, -0.2) is 26.8 Å². The number of thioether (sulfide) groups is 2. The fraction of sp³-hybridized carbons (Fsp3) is 0.412. The van der Waals surface area contributed by atoms with Crippen molar-refractivity contribution in [3.05, 3.63) is 54.6 Å². The van der Waals surface area contributed by atoms with Gasteiger partial charge < -0.3 is 5.11 Å². The van der Waals surface area contributed by atoms with Crippen LogP contribution < -0.4 is 0 Å². The molecule has 0 amide bonds. The zero-order valence-corrected chi connectivity index (χ0v) is 13.3. The van der Waals surface area contributed by atoms with Crippen molar-refractivity contribution in [1.82, 2.24) is 0 Å². The van der Waals surface area contributed by atoms with Gasteiger partial charge in [0.25, 0.3) is 0 Å². The summed E-state index contributed by atoms with van der Waals surface area (Å²) in [5.41, 5.74) is 1.22. The molecule has 108 valence electrons. The van der Waals surface area contributed by atoms with Crippen LogP contribution in [0, 0.1) is 0 Å². The van der Waals surface area contributed by atoms with Crippen LogP contribution in [0.25, 0.3) is 6.08 Å². The Bertz CT molecular complexity index is 436. The van der Waals surface area contributed by atoms with E-state index >= 15 is 0 Å². The van der Waals surface area contributed by atoms with Gasteiger partial charge in [0.05, 0.1) is 10.2 Å². The lowest BCUT2D eigenvalue weighted by atomic mass is 10.1. The van der Waals surface area contributed by atoms with Gasteiger partial charge in [-0.15, -0.1) is 30.1 Å². The lowest BCUT2D eigenvalue weighted by Gasteiger charge is -2.35. The summed E-state index contributed by atoms with van der Waals surface area (Å²) >= 11 is 3.93. The minimum Gasteiger partial charge on any atom is -0.393 e. The Labute approximate surface area is 130 Å². The summed E-state index contributed by atoms with van der Waals surface area (Å²) in [5.74, 6) is 2.35. The third kappa shape index (κ3) is 4.72. The molecule has 1 fully saturated rings. The molecule has 3 heteroatoms. The minimum atomic E-state index is -0.300. The number of rotatable bonds is 6. The average Bonchev–Trinajstić information content (AvgIpc) is 2.47. The van der Waals surface area contributed by atoms with Gasteiger partial charge in [-0.3, -0.25) is 0 Å². The first-order valence-electron chi connectivity index (χ1n) is 7.05. The van der Waals surface area contributed by atoms with E-state index in [1.54, 1.807) is 6.08 Å². The number of aliphatic hydroxyl groups excluding tert-OH is 1. The highest BCUT2D eigenvalue weighted by atomic mass is 32.2. The SMILES string of the molecule is C=CC[C@H](O)CC1(/C=C/c2ccccc2)SCCCS1. The molecule has 0 spiro atoms. The van der Waals surface area contributed by atoms with Crippen molar-refractivity contribution in [3.63, 3.8) is 0 Å². The molecule has 1 aliphatic rings. The van der Waals surface area contributed by atoms with Gasteiger partial charge in [0.1, 0.15) is 0 Å². The molecule has 1 heterocycles. The average molecular weight is 306 g/mol. The van der Waals surface area contributed by atoms with Crippen LogP contribution in [0.3, 0.4) is 0 Å². The van der Waals surface area contributed by atoms with Crippen molar-refractivity contribution in [1.29, 1.82) is 0 Å². The second kappa shape index (κ2) is 7.96. The van der Waals surface area contributed by atoms with Crippen molar-refractivity contribution in [2.75, 3.05) is 11.5 Å². The van der Waals surface area contributed by atoms with Crippen molar-refractivity contribution >= 4 is 29.6 Å². The fourth-order valence-corrected chi connectivity index (χ4v) is 5.50. The highest BCUT2D eigenvalue weighted by Gasteiger charge is 2.33. The monoisotopic (exact) mass is 306 g/mol. The van der Waals surface area contributed by atoms with Crippen LogP contribution in [0.5, 0.6) is 0 Å². The molecule has 1 saturated heterocycles. The summed E-state index contributed by atoms with van der Waals surface area (Å²) in [7, 11) is 0. The molecule has 1 aliphatic heterocycles. The second-order valence-electron chi connectivity index (χ2n) is 4.99. The van der Waals surface area contributed by atoms with Gasteiger partial charge in [0.2, 0.25) is 0 Å². The van der Waals surface area contributed by atoms with E-state index in [0.29, 0.717) is 6.42 Å². The lowest BCUT2D eigenvalue weighted by Crippen LogP contribution is -2.28. The maximum atomic E-state index is 10.1. The van der Waals surface area contributed by atoms with Crippen molar-refractivity contribution in [2.45, 2.75) is 29.4 Å². The summed E-state index contributed by atoms with van der Waals surface area (Å²) in [5, 5.41) is 10.1. The Morgan fingerprint density at radius 2 is 1.95 bits per heavy atom. The fourth-order valence-electron chi connectivity index (χ4n) is 2.26. The van der Waals surface area contributed by atoms with Crippen LogP contribution in [-0.2, 0) is 0 Å². The summed E-state index contributed by atoms with van der Waals surface area (Å²) in [4.78, 5) is 0. The molecule has 1 aromatic rings. The first kappa shape index (κ1) is 15.7. The van der Waals surface area contributed by atoms with Crippen LogP contribution in [0.15, 0.2) is 49.1 Å². The summed E-state index contributed by atoms with van der Waals surface area (Å²) in [6.07, 6.45) is 8.69. The predicted molar refractivity (Wildman–Crippen MR) is 93.2 cm³/mol. The predicted octanol–water partition coefficient (Wildman–Crippen LogP) is 4.59. The molecule has 0 aromatic heterocycles. The van der Waals surface area contributed by atoms with Crippen molar-refractivity contribution in [2.24, 2.45) is 0 Å². The zero-order valence-electron chi connectivity index (χ0n) is 11.7. The van der Waals surface area contributed by atoms with E-state index in [9.17, 15) is 5.11 Å². The quantitative estimate of drug-likeness (QED) is 0.776. The van der Waals surface area contributed by atoms with Gasteiger partial charge in [-0.1, -0.05) is 48.6 Å². The molecule has 1 atom stereocenters. The third-order valence-electron chi connectivity index (χ3n) is 3.27. The Balaban J connectivity index is 2.10. The molecule has 0 saturated carbocycles. The highest BCUT2D eigenvalue weighted by Crippen LogP contribution is 2.47. The smallest absolute Gasteiger partial charge is 0.0819 e. The number of benzene rings is 1. The minimum absolute atomic E-state index is 0.0104. The second-order valence-corrected chi connectivity index (χ2v) is 8.10. The zero-order chi connectivity index (χ0) is 14.3. The summed E-state index contributed by atoms with van der Waals surface area (Å²) in [6, 6.07) is 10.4. The van der Waals surface area contributed by atoms with Crippen LogP contribution in [0.4, 0.5) is 0 Å². The molecule has 2 rings (SSSR count). The van der Waals surface area contributed by atoms with Gasteiger partial charge in [-0.05, 0) is 29.9 Å². The van der Waals surface area contributed by atoms with E-state index in [1.165, 1.54) is 23.5 Å². The topological polar surface area (TPSA) is 20.2 Å². The third-order valence-corrected chi connectivity index (χ3v) is 6.55. The van der Waals surface area contributed by atoms with Gasteiger partial charge >= 0.3 is 0 Å². The van der Waals surface area contributed by atoms with Gasteiger partial charge in [0, 0.05) is 6.42 Å². The lowest BCUT2D eigenvalue weighted by molar-refractivity contribution is 0.168. The largest absolute Gasteiger partial charge is 0.393 e.